The van der Waals surface area contributed by atoms with E-state index in [1.54, 1.807) is 12.4 Å². The Morgan fingerprint density at radius 3 is 2.17 bits per heavy atom. The van der Waals surface area contributed by atoms with Crippen molar-refractivity contribution >= 4 is 5.91 Å². The van der Waals surface area contributed by atoms with E-state index in [4.69, 9.17) is 4.42 Å². The zero-order valence-electron chi connectivity index (χ0n) is 20.6. The lowest BCUT2D eigenvalue weighted by atomic mass is 9.87. The highest BCUT2D eigenvalue weighted by atomic mass is 16.3. The number of hydrogen-bond acceptors (Lipinski definition) is 5. The van der Waals surface area contributed by atoms with Gasteiger partial charge in [-0.2, -0.15) is 0 Å². The molecule has 6 nitrogen and oxygen atoms in total. The topological polar surface area (TPSA) is 71.3 Å². The van der Waals surface area contributed by atoms with Gasteiger partial charge in [0.25, 0.3) is 5.91 Å². The average Bonchev–Trinajstić information content (AvgIpc) is 3.32. The number of hydrogen-bond donors (Lipinski definition) is 1. The molecule has 35 heavy (non-hydrogen) atoms. The molecule has 2 aromatic carbocycles. The van der Waals surface area contributed by atoms with Crippen molar-refractivity contribution in [2.45, 2.75) is 52.4 Å². The molecule has 0 fully saturated rings. The Kier molecular flexibility index (Phi) is 7.73. The van der Waals surface area contributed by atoms with Gasteiger partial charge in [0, 0.05) is 32.0 Å². The highest BCUT2D eigenvalue weighted by Crippen LogP contribution is 2.23. The van der Waals surface area contributed by atoms with Crippen molar-refractivity contribution in [3.8, 4) is 0 Å². The van der Waals surface area contributed by atoms with Crippen LogP contribution >= 0.6 is 0 Å². The SMILES string of the molecule is CC(C)(C)c1ccc(CN(Cc2ccccc2)Cc2nc(C(=O)NCc3ccncc3)co2)cc1. The maximum atomic E-state index is 12.5. The fourth-order valence-corrected chi connectivity index (χ4v) is 3.83. The van der Waals surface area contributed by atoms with Gasteiger partial charge in [-0.1, -0.05) is 75.4 Å². The van der Waals surface area contributed by atoms with Gasteiger partial charge in [-0.25, -0.2) is 4.98 Å². The first-order valence-corrected chi connectivity index (χ1v) is 11.8. The maximum Gasteiger partial charge on any atom is 0.273 e. The van der Waals surface area contributed by atoms with E-state index < -0.39 is 0 Å². The Labute approximate surface area is 207 Å². The third-order valence-corrected chi connectivity index (χ3v) is 5.82. The summed E-state index contributed by atoms with van der Waals surface area (Å²) in [6, 6.07) is 22.8. The molecule has 6 heteroatoms. The first-order chi connectivity index (χ1) is 16.9. The average molecular weight is 469 g/mol. The zero-order valence-corrected chi connectivity index (χ0v) is 20.6. The van der Waals surface area contributed by atoms with E-state index in [9.17, 15) is 4.79 Å². The molecule has 4 rings (SSSR count). The van der Waals surface area contributed by atoms with Crippen molar-refractivity contribution in [2.75, 3.05) is 0 Å². The molecule has 2 heterocycles. The lowest BCUT2D eigenvalue weighted by Crippen LogP contribution is -2.24. The molecule has 0 aliphatic rings. The minimum Gasteiger partial charge on any atom is -0.447 e. The molecule has 0 radical (unpaired) electrons. The predicted molar refractivity (Wildman–Crippen MR) is 136 cm³/mol. The number of nitrogens with one attached hydrogen (secondary N) is 1. The molecule has 180 valence electrons. The summed E-state index contributed by atoms with van der Waals surface area (Å²) in [5.74, 6) is 0.255. The van der Waals surface area contributed by atoms with Crippen LogP contribution in [0.2, 0.25) is 0 Å². The first kappa shape index (κ1) is 24.4. The van der Waals surface area contributed by atoms with Crippen LogP contribution in [0.4, 0.5) is 0 Å². The fourth-order valence-electron chi connectivity index (χ4n) is 3.83. The Morgan fingerprint density at radius 2 is 1.51 bits per heavy atom. The number of oxazole rings is 1. The zero-order chi connectivity index (χ0) is 24.7. The highest BCUT2D eigenvalue weighted by Gasteiger charge is 2.17. The van der Waals surface area contributed by atoms with Crippen LogP contribution in [0.25, 0.3) is 0 Å². The second-order valence-corrected chi connectivity index (χ2v) is 9.74. The van der Waals surface area contributed by atoms with Crippen molar-refractivity contribution in [3.63, 3.8) is 0 Å². The molecule has 0 spiro atoms. The van der Waals surface area contributed by atoms with E-state index in [1.165, 1.54) is 23.0 Å². The number of nitrogens with zero attached hydrogens (tertiary/aromatic N) is 3. The van der Waals surface area contributed by atoms with Crippen molar-refractivity contribution in [2.24, 2.45) is 0 Å². The summed E-state index contributed by atoms with van der Waals surface area (Å²) in [5.41, 5.74) is 5.11. The second-order valence-electron chi connectivity index (χ2n) is 9.74. The fraction of sp³-hybridized carbons (Fsp3) is 0.276. The van der Waals surface area contributed by atoms with Gasteiger partial charge < -0.3 is 9.73 Å². The molecule has 1 N–H and O–H groups in total. The summed E-state index contributed by atoms with van der Waals surface area (Å²) in [6.45, 7) is 9.05. The Hall–Kier alpha value is -3.77. The molecule has 2 aromatic heterocycles. The monoisotopic (exact) mass is 468 g/mol. The van der Waals surface area contributed by atoms with Crippen molar-refractivity contribution in [1.29, 1.82) is 0 Å². The third-order valence-electron chi connectivity index (χ3n) is 5.82. The summed E-state index contributed by atoms with van der Waals surface area (Å²) in [5, 5.41) is 2.88. The normalized spacial score (nSPS) is 11.5. The summed E-state index contributed by atoms with van der Waals surface area (Å²) in [6.07, 6.45) is 4.83. The molecule has 0 saturated carbocycles. The molecular weight excluding hydrogens is 436 g/mol. The van der Waals surface area contributed by atoms with E-state index in [0.717, 1.165) is 18.7 Å². The standard InChI is InChI=1S/C29H32N4O2/c1-29(2,3)25-11-9-24(10-12-25)19-33(18-23-7-5-4-6-8-23)20-27-32-26(21-35-27)28(34)31-17-22-13-15-30-16-14-22/h4-16,21H,17-20H2,1-3H3,(H,31,34). The van der Waals surface area contributed by atoms with Crippen LogP contribution in [0.15, 0.2) is 89.8 Å². The Bertz CT molecular complexity index is 1210. The minimum atomic E-state index is -0.260. The molecular formula is C29H32N4O2. The largest absolute Gasteiger partial charge is 0.447 e. The number of benzene rings is 2. The Morgan fingerprint density at radius 1 is 0.857 bits per heavy atom. The number of carbonyl (C=O) groups excluding carboxylic acids is 1. The van der Waals surface area contributed by atoms with Crippen LogP contribution in [0.5, 0.6) is 0 Å². The first-order valence-electron chi connectivity index (χ1n) is 11.8. The second kappa shape index (κ2) is 11.1. The van der Waals surface area contributed by atoms with Crippen LogP contribution < -0.4 is 5.32 Å². The van der Waals surface area contributed by atoms with Gasteiger partial charge in [0.1, 0.15) is 6.26 Å². The van der Waals surface area contributed by atoms with Gasteiger partial charge in [-0.3, -0.25) is 14.7 Å². The number of amides is 1. The summed E-state index contributed by atoms with van der Waals surface area (Å²) in [4.78, 5) is 23.3. The van der Waals surface area contributed by atoms with Gasteiger partial charge in [0.05, 0.1) is 6.54 Å². The van der Waals surface area contributed by atoms with Gasteiger partial charge in [0.2, 0.25) is 5.89 Å². The van der Waals surface area contributed by atoms with Crippen LogP contribution in [0.3, 0.4) is 0 Å². The third kappa shape index (κ3) is 7.11. The van der Waals surface area contributed by atoms with E-state index in [1.807, 2.05) is 30.3 Å². The van der Waals surface area contributed by atoms with Gasteiger partial charge in [-0.15, -0.1) is 0 Å². The number of aromatic nitrogens is 2. The Balaban J connectivity index is 1.44. The molecule has 0 bridgehead atoms. The summed E-state index contributed by atoms with van der Waals surface area (Å²) in [7, 11) is 0. The molecule has 4 aromatic rings. The quantitative estimate of drug-likeness (QED) is 0.351. The van der Waals surface area contributed by atoms with Gasteiger partial charge in [0.15, 0.2) is 5.69 Å². The van der Waals surface area contributed by atoms with Crippen LogP contribution in [0.1, 0.15) is 59.4 Å². The smallest absolute Gasteiger partial charge is 0.273 e. The number of pyridine rings is 1. The highest BCUT2D eigenvalue weighted by molar-refractivity contribution is 5.91. The molecule has 0 unspecified atom stereocenters. The summed E-state index contributed by atoms with van der Waals surface area (Å²) >= 11 is 0. The molecule has 0 atom stereocenters. The van der Waals surface area contributed by atoms with Crippen LogP contribution in [-0.2, 0) is 31.6 Å². The van der Waals surface area contributed by atoms with E-state index in [-0.39, 0.29) is 17.0 Å². The molecule has 0 aliphatic heterocycles. The number of rotatable bonds is 9. The van der Waals surface area contributed by atoms with Gasteiger partial charge in [-0.05, 0) is 39.8 Å². The molecule has 0 saturated heterocycles. The lowest BCUT2D eigenvalue weighted by Gasteiger charge is -2.23. The van der Waals surface area contributed by atoms with E-state index >= 15 is 0 Å². The number of carbonyl (C=O) groups is 1. The molecule has 0 aliphatic carbocycles. The van der Waals surface area contributed by atoms with Gasteiger partial charge >= 0.3 is 0 Å². The summed E-state index contributed by atoms with van der Waals surface area (Å²) < 4.78 is 5.68. The maximum absolute atomic E-state index is 12.5. The van der Waals surface area contributed by atoms with Crippen LogP contribution in [0, 0.1) is 0 Å². The minimum absolute atomic E-state index is 0.120. The van der Waals surface area contributed by atoms with Crippen LogP contribution in [-0.4, -0.2) is 20.8 Å². The predicted octanol–water partition coefficient (Wildman–Crippen LogP) is 5.50. The molecule has 1 amide bonds. The van der Waals surface area contributed by atoms with Crippen molar-refractivity contribution < 1.29 is 9.21 Å². The lowest BCUT2D eigenvalue weighted by molar-refractivity contribution is 0.0945. The van der Waals surface area contributed by atoms with E-state index in [0.29, 0.717) is 19.0 Å². The van der Waals surface area contributed by atoms with Crippen molar-refractivity contribution in [1.82, 2.24) is 20.2 Å². The van der Waals surface area contributed by atoms with Crippen molar-refractivity contribution in [3.05, 3.63) is 119 Å². The van der Waals surface area contributed by atoms with E-state index in [2.05, 4.69) is 77.4 Å².